The number of fused-ring (bicyclic) bond motifs is 1. The number of nitrogens with one attached hydrogen (secondary N) is 2. The summed E-state index contributed by atoms with van der Waals surface area (Å²) < 4.78 is 15.4. The Morgan fingerprint density at radius 2 is 1.92 bits per heavy atom. The van der Waals surface area contributed by atoms with Gasteiger partial charge in [-0.3, -0.25) is 10.1 Å². The highest BCUT2D eigenvalue weighted by molar-refractivity contribution is 6.32. The second-order valence-corrected chi connectivity index (χ2v) is 5.23. The maximum atomic E-state index is 12.1. The van der Waals surface area contributed by atoms with Crippen molar-refractivity contribution in [1.29, 1.82) is 0 Å². The average molecular weight is 349 g/mol. The maximum Gasteiger partial charge on any atom is 0.326 e. The van der Waals surface area contributed by atoms with Gasteiger partial charge in [0.2, 0.25) is 6.79 Å². The van der Waals surface area contributed by atoms with Gasteiger partial charge in [-0.2, -0.15) is 0 Å². The molecular formula is C16H13ClN2O5. The molecule has 124 valence electrons. The lowest BCUT2D eigenvalue weighted by Crippen LogP contribution is -2.34. The summed E-state index contributed by atoms with van der Waals surface area (Å²) in [5, 5.41) is 5.09. The lowest BCUT2D eigenvalue weighted by molar-refractivity contribution is 0.0966. The van der Waals surface area contributed by atoms with Gasteiger partial charge in [-0.25, -0.2) is 4.79 Å². The molecule has 0 bridgehead atoms. The minimum Gasteiger partial charge on any atom is -0.495 e. The van der Waals surface area contributed by atoms with Gasteiger partial charge in [-0.05, 0) is 36.4 Å². The van der Waals surface area contributed by atoms with Crippen LogP contribution in [0.1, 0.15) is 10.4 Å². The highest BCUT2D eigenvalue weighted by Gasteiger charge is 2.17. The molecule has 1 aliphatic rings. The van der Waals surface area contributed by atoms with E-state index in [2.05, 4.69) is 10.6 Å². The van der Waals surface area contributed by atoms with Gasteiger partial charge in [-0.1, -0.05) is 11.6 Å². The Labute approximate surface area is 142 Å². The van der Waals surface area contributed by atoms with E-state index in [0.29, 0.717) is 28.0 Å². The third-order valence-corrected chi connectivity index (χ3v) is 3.57. The predicted molar refractivity (Wildman–Crippen MR) is 87.1 cm³/mol. The SMILES string of the molecule is COc1ccc(NC(=O)NC(=O)c2ccc3c(c2)OCO3)cc1Cl. The van der Waals surface area contributed by atoms with E-state index < -0.39 is 11.9 Å². The number of benzene rings is 2. The number of hydrogen-bond donors (Lipinski definition) is 2. The Morgan fingerprint density at radius 3 is 2.67 bits per heavy atom. The molecule has 2 N–H and O–H groups in total. The van der Waals surface area contributed by atoms with E-state index in [0.717, 1.165) is 0 Å². The van der Waals surface area contributed by atoms with Crippen molar-refractivity contribution in [2.45, 2.75) is 0 Å². The highest BCUT2D eigenvalue weighted by atomic mass is 35.5. The quantitative estimate of drug-likeness (QED) is 0.890. The molecule has 0 aromatic heterocycles. The monoisotopic (exact) mass is 348 g/mol. The van der Waals surface area contributed by atoms with E-state index >= 15 is 0 Å². The molecule has 2 aromatic rings. The summed E-state index contributed by atoms with van der Waals surface area (Å²) in [6, 6.07) is 8.71. The van der Waals surface area contributed by atoms with Crippen molar-refractivity contribution in [2.75, 3.05) is 19.2 Å². The van der Waals surface area contributed by atoms with Crippen LogP contribution in [0, 0.1) is 0 Å². The fourth-order valence-corrected chi connectivity index (χ4v) is 2.38. The van der Waals surface area contributed by atoms with E-state index in [4.69, 9.17) is 25.8 Å². The summed E-state index contributed by atoms with van der Waals surface area (Å²) in [6.45, 7) is 0.110. The molecule has 0 aliphatic carbocycles. The van der Waals surface area contributed by atoms with Crippen molar-refractivity contribution in [3.05, 3.63) is 47.0 Å². The van der Waals surface area contributed by atoms with Crippen molar-refractivity contribution in [3.63, 3.8) is 0 Å². The number of carbonyl (C=O) groups is 2. The largest absolute Gasteiger partial charge is 0.495 e. The molecule has 0 saturated heterocycles. The third-order valence-electron chi connectivity index (χ3n) is 3.27. The molecule has 0 radical (unpaired) electrons. The number of rotatable bonds is 3. The van der Waals surface area contributed by atoms with E-state index in [-0.39, 0.29) is 12.4 Å². The van der Waals surface area contributed by atoms with Crippen LogP contribution in [0.3, 0.4) is 0 Å². The van der Waals surface area contributed by atoms with Crippen LogP contribution in [0.2, 0.25) is 5.02 Å². The smallest absolute Gasteiger partial charge is 0.326 e. The number of amides is 3. The summed E-state index contributed by atoms with van der Waals surface area (Å²) in [7, 11) is 1.49. The van der Waals surface area contributed by atoms with Gasteiger partial charge in [0, 0.05) is 11.3 Å². The molecule has 1 heterocycles. The average Bonchev–Trinajstić information content (AvgIpc) is 3.02. The fourth-order valence-electron chi connectivity index (χ4n) is 2.12. The molecule has 0 unspecified atom stereocenters. The van der Waals surface area contributed by atoms with E-state index in [1.165, 1.54) is 19.2 Å². The van der Waals surface area contributed by atoms with Gasteiger partial charge >= 0.3 is 6.03 Å². The van der Waals surface area contributed by atoms with Gasteiger partial charge in [0.15, 0.2) is 11.5 Å². The van der Waals surface area contributed by atoms with Crippen LogP contribution in [0.5, 0.6) is 17.2 Å². The zero-order valence-electron chi connectivity index (χ0n) is 12.6. The number of urea groups is 1. The zero-order valence-corrected chi connectivity index (χ0v) is 13.3. The molecule has 0 saturated carbocycles. The normalized spacial score (nSPS) is 11.8. The van der Waals surface area contributed by atoms with Gasteiger partial charge in [-0.15, -0.1) is 0 Å². The van der Waals surface area contributed by atoms with Crippen molar-refractivity contribution < 1.29 is 23.8 Å². The van der Waals surface area contributed by atoms with Crippen LogP contribution in [-0.4, -0.2) is 25.8 Å². The molecule has 0 atom stereocenters. The molecule has 24 heavy (non-hydrogen) atoms. The fraction of sp³-hybridized carbons (Fsp3) is 0.125. The van der Waals surface area contributed by atoms with Crippen molar-refractivity contribution >= 4 is 29.2 Å². The standard InChI is InChI=1S/C16H13ClN2O5/c1-22-12-5-3-10(7-11(12)17)18-16(21)19-15(20)9-2-4-13-14(6-9)24-8-23-13/h2-7H,8H2,1H3,(H2,18,19,20,21). The number of anilines is 1. The predicted octanol–water partition coefficient (Wildman–Crippen LogP) is 3.04. The van der Waals surface area contributed by atoms with Gasteiger partial charge in [0.25, 0.3) is 5.91 Å². The Balaban J connectivity index is 1.64. The number of hydrogen-bond acceptors (Lipinski definition) is 5. The van der Waals surface area contributed by atoms with E-state index in [1.54, 1.807) is 24.3 Å². The van der Waals surface area contributed by atoms with Gasteiger partial charge in [0.05, 0.1) is 12.1 Å². The van der Waals surface area contributed by atoms with E-state index in [9.17, 15) is 9.59 Å². The summed E-state index contributed by atoms with van der Waals surface area (Å²) in [5.74, 6) is 0.943. The number of methoxy groups -OCH3 is 1. The lowest BCUT2D eigenvalue weighted by Gasteiger charge is -2.09. The van der Waals surface area contributed by atoms with Gasteiger partial charge < -0.3 is 19.5 Å². The first-order valence-electron chi connectivity index (χ1n) is 6.92. The molecular weight excluding hydrogens is 336 g/mol. The van der Waals surface area contributed by atoms with Crippen LogP contribution in [-0.2, 0) is 0 Å². The van der Waals surface area contributed by atoms with Crippen LogP contribution in [0.25, 0.3) is 0 Å². The summed E-state index contributed by atoms with van der Waals surface area (Å²) in [4.78, 5) is 24.0. The first-order chi connectivity index (χ1) is 11.6. The maximum absolute atomic E-state index is 12.1. The van der Waals surface area contributed by atoms with Crippen LogP contribution in [0.15, 0.2) is 36.4 Å². The van der Waals surface area contributed by atoms with Crippen molar-refractivity contribution in [3.8, 4) is 17.2 Å². The molecule has 0 spiro atoms. The summed E-state index contributed by atoms with van der Waals surface area (Å²) in [5.41, 5.74) is 0.707. The minimum atomic E-state index is -0.682. The Kier molecular flexibility index (Phi) is 4.43. The molecule has 3 rings (SSSR count). The summed E-state index contributed by atoms with van der Waals surface area (Å²) >= 11 is 5.98. The Morgan fingerprint density at radius 1 is 1.12 bits per heavy atom. The minimum absolute atomic E-state index is 0.110. The number of carbonyl (C=O) groups excluding carboxylic acids is 2. The molecule has 3 amide bonds. The Bertz CT molecular complexity index is 809. The second kappa shape index (κ2) is 6.67. The van der Waals surface area contributed by atoms with Crippen LogP contribution < -0.4 is 24.8 Å². The number of ether oxygens (including phenoxy) is 3. The first kappa shape index (κ1) is 15.9. The molecule has 7 nitrogen and oxygen atoms in total. The van der Waals surface area contributed by atoms with E-state index in [1.807, 2.05) is 0 Å². The molecule has 2 aromatic carbocycles. The topological polar surface area (TPSA) is 85.9 Å². The van der Waals surface area contributed by atoms with Crippen molar-refractivity contribution in [1.82, 2.24) is 5.32 Å². The third kappa shape index (κ3) is 3.36. The number of halogens is 1. The van der Waals surface area contributed by atoms with Crippen LogP contribution >= 0.6 is 11.6 Å². The van der Waals surface area contributed by atoms with Crippen molar-refractivity contribution in [2.24, 2.45) is 0 Å². The highest BCUT2D eigenvalue weighted by Crippen LogP contribution is 2.32. The van der Waals surface area contributed by atoms with Gasteiger partial charge in [0.1, 0.15) is 5.75 Å². The second-order valence-electron chi connectivity index (χ2n) is 4.83. The lowest BCUT2D eigenvalue weighted by atomic mass is 10.2. The molecule has 1 aliphatic heterocycles. The summed E-state index contributed by atoms with van der Waals surface area (Å²) in [6.07, 6.45) is 0. The van der Waals surface area contributed by atoms with Crippen LogP contribution in [0.4, 0.5) is 10.5 Å². The molecule has 8 heteroatoms. The number of imide groups is 1. The molecule has 0 fully saturated rings. The Hall–Kier alpha value is -2.93. The first-order valence-corrected chi connectivity index (χ1v) is 7.30. The zero-order chi connectivity index (χ0) is 17.1.